The molecular weight excluding hydrogens is 274 g/mol. The Hall–Kier alpha value is -2.36. The van der Waals surface area contributed by atoms with E-state index in [2.05, 4.69) is 41.6 Å². The zero-order valence-corrected chi connectivity index (χ0v) is 13.0. The second-order valence-electron chi connectivity index (χ2n) is 5.97. The number of carbonyl (C=O) groups is 1. The van der Waals surface area contributed by atoms with E-state index >= 15 is 0 Å². The average Bonchev–Trinajstić information content (AvgIpc) is 2.43. The third-order valence-corrected chi connectivity index (χ3v) is 4.29. The van der Waals surface area contributed by atoms with E-state index in [-0.39, 0.29) is 11.8 Å². The largest absolute Gasteiger partial charge is 0.340 e. The molecule has 114 valence electrons. The molecule has 1 heterocycles. The van der Waals surface area contributed by atoms with Crippen molar-refractivity contribution in [2.45, 2.75) is 33.1 Å². The first kappa shape index (κ1) is 14.6. The van der Waals surface area contributed by atoms with Gasteiger partial charge >= 0.3 is 0 Å². The van der Waals surface area contributed by atoms with Crippen LogP contribution in [0.1, 0.15) is 30.4 Å². The van der Waals surface area contributed by atoms with Crippen molar-refractivity contribution in [2.24, 2.45) is 5.92 Å². The molecule has 22 heavy (non-hydrogen) atoms. The fraction of sp³-hybridized carbons (Fsp3) is 0.333. The van der Waals surface area contributed by atoms with Crippen molar-refractivity contribution in [3.8, 4) is 0 Å². The van der Waals surface area contributed by atoms with Crippen LogP contribution in [0.3, 0.4) is 0 Å². The molecule has 0 unspecified atom stereocenters. The van der Waals surface area contributed by atoms with Crippen molar-refractivity contribution in [3.63, 3.8) is 0 Å². The second-order valence-corrected chi connectivity index (χ2v) is 5.97. The summed E-state index contributed by atoms with van der Waals surface area (Å²) in [6, 6.07) is 9.99. The highest BCUT2D eigenvalue weighted by molar-refractivity contribution is 5.92. The Morgan fingerprint density at radius 3 is 2.45 bits per heavy atom. The molecule has 2 N–H and O–H groups in total. The normalized spacial score (nSPS) is 14.3. The van der Waals surface area contributed by atoms with E-state index in [0.717, 1.165) is 36.5 Å². The zero-order chi connectivity index (χ0) is 15.5. The van der Waals surface area contributed by atoms with Crippen molar-refractivity contribution < 1.29 is 4.79 Å². The predicted molar refractivity (Wildman–Crippen MR) is 89.4 cm³/mol. The lowest BCUT2D eigenvalue weighted by atomic mass is 9.85. The van der Waals surface area contributed by atoms with Gasteiger partial charge in [-0.25, -0.2) is 4.98 Å². The fourth-order valence-corrected chi connectivity index (χ4v) is 2.42. The number of hydrogen-bond acceptors (Lipinski definition) is 3. The molecule has 0 radical (unpaired) electrons. The zero-order valence-electron chi connectivity index (χ0n) is 13.0. The lowest BCUT2D eigenvalue weighted by molar-refractivity contribution is -0.122. The molecule has 0 aliphatic heterocycles. The molecule has 4 nitrogen and oxygen atoms in total. The van der Waals surface area contributed by atoms with Gasteiger partial charge in [-0.3, -0.25) is 4.79 Å². The SMILES string of the molecule is Cc1ccc(Nc2ccc(NC(=O)C3CCC3)cn2)cc1C. The third kappa shape index (κ3) is 3.27. The molecule has 0 atom stereocenters. The topological polar surface area (TPSA) is 54.0 Å². The Balaban J connectivity index is 1.63. The third-order valence-electron chi connectivity index (χ3n) is 4.29. The number of hydrogen-bond donors (Lipinski definition) is 2. The van der Waals surface area contributed by atoms with Crippen molar-refractivity contribution >= 4 is 23.1 Å². The van der Waals surface area contributed by atoms with Gasteiger partial charge in [-0.1, -0.05) is 12.5 Å². The summed E-state index contributed by atoms with van der Waals surface area (Å²) in [5, 5.41) is 6.20. The average molecular weight is 295 g/mol. The fourth-order valence-electron chi connectivity index (χ4n) is 2.42. The Morgan fingerprint density at radius 1 is 1.09 bits per heavy atom. The van der Waals surface area contributed by atoms with E-state index in [4.69, 9.17) is 0 Å². The lowest BCUT2D eigenvalue weighted by Crippen LogP contribution is -2.28. The van der Waals surface area contributed by atoms with Gasteiger partial charge in [0.2, 0.25) is 5.91 Å². The maximum Gasteiger partial charge on any atom is 0.227 e. The molecule has 0 saturated heterocycles. The summed E-state index contributed by atoms with van der Waals surface area (Å²) in [7, 11) is 0. The minimum absolute atomic E-state index is 0.114. The van der Waals surface area contributed by atoms with E-state index in [9.17, 15) is 4.79 Å². The highest BCUT2D eigenvalue weighted by Gasteiger charge is 2.25. The van der Waals surface area contributed by atoms with E-state index in [1.807, 2.05) is 18.2 Å². The quantitative estimate of drug-likeness (QED) is 0.889. The van der Waals surface area contributed by atoms with Crippen LogP contribution in [-0.4, -0.2) is 10.9 Å². The first-order chi connectivity index (χ1) is 10.6. The van der Waals surface area contributed by atoms with Gasteiger partial charge in [0.1, 0.15) is 5.82 Å². The van der Waals surface area contributed by atoms with Crippen LogP contribution in [0.5, 0.6) is 0 Å². The number of carbonyl (C=O) groups excluding carboxylic acids is 1. The number of aryl methyl sites for hydroxylation is 2. The Kier molecular flexibility index (Phi) is 4.09. The van der Waals surface area contributed by atoms with E-state index in [1.165, 1.54) is 11.1 Å². The van der Waals surface area contributed by atoms with Crippen molar-refractivity contribution in [1.82, 2.24) is 4.98 Å². The second kappa shape index (κ2) is 6.18. The molecule has 1 aliphatic carbocycles. The highest BCUT2D eigenvalue weighted by atomic mass is 16.1. The number of rotatable bonds is 4. The van der Waals surface area contributed by atoms with Crippen molar-refractivity contribution in [3.05, 3.63) is 47.7 Å². The molecule has 1 saturated carbocycles. The summed E-state index contributed by atoms with van der Waals surface area (Å²) in [6.45, 7) is 4.18. The summed E-state index contributed by atoms with van der Waals surface area (Å²) in [6.07, 6.45) is 4.87. The molecule has 0 bridgehead atoms. The van der Waals surface area contributed by atoms with Crippen LogP contribution in [-0.2, 0) is 4.79 Å². The molecule has 2 aromatic rings. The van der Waals surface area contributed by atoms with Gasteiger partial charge in [0.25, 0.3) is 0 Å². The molecule has 1 aromatic carbocycles. The monoisotopic (exact) mass is 295 g/mol. The number of nitrogens with zero attached hydrogens (tertiary/aromatic N) is 1. The smallest absolute Gasteiger partial charge is 0.227 e. The van der Waals surface area contributed by atoms with Crippen LogP contribution in [0.15, 0.2) is 36.5 Å². The molecule has 1 fully saturated rings. The van der Waals surface area contributed by atoms with Gasteiger partial charge < -0.3 is 10.6 Å². The molecule has 3 rings (SSSR count). The molecule has 4 heteroatoms. The number of anilines is 3. The molecule has 0 spiro atoms. The first-order valence-corrected chi connectivity index (χ1v) is 7.73. The van der Waals surface area contributed by atoms with Gasteiger partial charge in [0, 0.05) is 11.6 Å². The summed E-state index contributed by atoms with van der Waals surface area (Å²) < 4.78 is 0. The van der Waals surface area contributed by atoms with Gasteiger partial charge in [-0.05, 0) is 62.1 Å². The number of nitrogens with one attached hydrogen (secondary N) is 2. The first-order valence-electron chi connectivity index (χ1n) is 7.73. The van der Waals surface area contributed by atoms with E-state index in [1.54, 1.807) is 6.20 Å². The molecule has 1 aromatic heterocycles. The lowest BCUT2D eigenvalue weighted by Gasteiger charge is -2.23. The Bertz CT molecular complexity index is 675. The molecular formula is C18H21N3O. The van der Waals surface area contributed by atoms with E-state index in [0.29, 0.717) is 0 Å². The number of benzene rings is 1. The van der Waals surface area contributed by atoms with Crippen molar-refractivity contribution in [1.29, 1.82) is 0 Å². The summed E-state index contributed by atoms with van der Waals surface area (Å²) in [4.78, 5) is 16.2. The number of amides is 1. The predicted octanol–water partition coefficient (Wildman–Crippen LogP) is 4.18. The van der Waals surface area contributed by atoms with Crippen LogP contribution >= 0.6 is 0 Å². The minimum atomic E-state index is 0.114. The van der Waals surface area contributed by atoms with Crippen LogP contribution in [0.25, 0.3) is 0 Å². The summed E-state index contributed by atoms with van der Waals surface area (Å²) >= 11 is 0. The van der Waals surface area contributed by atoms with Gasteiger partial charge in [-0.2, -0.15) is 0 Å². The van der Waals surface area contributed by atoms with Gasteiger partial charge in [0.05, 0.1) is 11.9 Å². The van der Waals surface area contributed by atoms with Crippen LogP contribution in [0.2, 0.25) is 0 Å². The Morgan fingerprint density at radius 2 is 1.86 bits per heavy atom. The maximum atomic E-state index is 11.9. The van der Waals surface area contributed by atoms with Crippen LogP contribution in [0.4, 0.5) is 17.2 Å². The van der Waals surface area contributed by atoms with Gasteiger partial charge in [0.15, 0.2) is 0 Å². The highest BCUT2D eigenvalue weighted by Crippen LogP contribution is 2.27. The molecule has 1 aliphatic rings. The number of aromatic nitrogens is 1. The molecule has 1 amide bonds. The summed E-state index contributed by atoms with van der Waals surface area (Å²) in [5.74, 6) is 1.07. The number of pyridine rings is 1. The Labute approximate surface area is 131 Å². The van der Waals surface area contributed by atoms with Gasteiger partial charge in [-0.15, -0.1) is 0 Å². The minimum Gasteiger partial charge on any atom is -0.340 e. The standard InChI is InChI=1S/C18H21N3O/c1-12-6-7-15(10-13(12)2)20-17-9-8-16(11-19-17)21-18(22)14-4-3-5-14/h6-11,14H,3-5H2,1-2H3,(H,19,20)(H,21,22). The van der Waals surface area contributed by atoms with Crippen LogP contribution < -0.4 is 10.6 Å². The van der Waals surface area contributed by atoms with Crippen molar-refractivity contribution in [2.75, 3.05) is 10.6 Å². The van der Waals surface area contributed by atoms with Crippen LogP contribution in [0, 0.1) is 19.8 Å². The maximum absolute atomic E-state index is 11.9. The summed E-state index contributed by atoms with van der Waals surface area (Å²) in [5.41, 5.74) is 4.28. The van der Waals surface area contributed by atoms with E-state index < -0.39 is 0 Å².